The number of nitrogens with two attached hydrogens (primary N) is 1. The minimum Gasteiger partial charge on any atom is -0.326 e. The van der Waals surface area contributed by atoms with E-state index in [0.717, 1.165) is 19.4 Å². The van der Waals surface area contributed by atoms with E-state index >= 15 is 0 Å². The van der Waals surface area contributed by atoms with Crippen molar-refractivity contribution in [2.45, 2.75) is 30.7 Å². The molecule has 0 aliphatic carbocycles. The van der Waals surface area contributed by atoms with Crippen molar-refractivity contribution in [2.75, 3.05) is 11.9 Å². The summed E-state index contributed by atoms with van der Waals surface area (Å²) in [5.41, 5.74) is 0.444. The molecule has 2 atom stereocenters. The Hall–Kier alpha value is -1.44. The van der Waals surface area contributed by atoms with Gasteiger partial charge in [-0.15, -0.1) is 0 Å². The van der Waals surface area contributed by atoms with Crippen LogP contribution in [0.3, 0.4) is 0 Å². The first-order valence-electron chi connectivity index (χ1n) is 6.55. The van der Waals surface area contributed by atoms with Crippen LogP contribution in [0.2, 0.25) is 0 Å². The van der Waals surface area contributed by atoms with Crippen LogP contribution >= 0.6 is 0 Å². The van der Waals surface area contributed by atoms with E-state index in [1.54, 1.807) is 12.1 Å². The van der Waals surface area contributed by atoms with Crippen molar-refractivity contribution in [1.29, 1.82) is 0 Å². The van der Waals surface area contributed by atoms with Crippen LogP contribution in [0.15, 0.2) is 29.2 Å². The first-order valence-corrected chi connectivity index (χ1v) is 8.09. The zero-order chi connectivity index (χ0) is 14.8. The van der Waals surface area contributed by atoms with E-state index in [1.807, 2.05) is 6.92 Å². The predicted octanol–water partition coefficient (Wildman–Crippen LogP) is 0.661. The summed E-state index contributed by atoms with van der Waals surface area (Å²) in [4.78, 5) is 12.2. The van der Waals surface area contributed by atoms with Gasteiger partial charge in [-0.1, -0.05) is 6.07 Å². The SMILES string of the molecule is CC1NCCCC1C(=O)Nc1cccc(S(N)(=O)=O)c1. The van der Waals surface area contributed by atoms with Crippen LogP contribution in [0.25, 0.3) is 0 Å². The molecule has 1 aliphatic heterocycles. The number of benzene rings is 1. The highest BCUT2D eigenvalue weighted by atomic mass is 32.2. The normalized spacial score (nSPS) is 23.3. The Morgan fingerprint density at radius 1 is 1.45 bits per heavy atom. The van der Waals surface area contributed by atoms with Crippen LogP contribution in [0.5, 0.6) is 0 Å². The molecule has 20 heavy (non-hydrogen) atoms. The molecule has 6 nitrogen and oxygen atoms in total. The molecule has 1 fully saturated rings. The molecule has 1 saturated heterocycles. The van der Waals surface area contributed by atoms with E-state index in [-0.39, 0.29) is 22.8 Å². The average Bonchev–Trinajstić information content (AvgIpc) is 2.38. The van der Waals surface area contributed by atoms with Crippen molar-refractivity contribution < 1.29 is 13.2 Å². The second kappa shape index (κ2) is 5.90. The largest absolute Gasteiger partial charge is 0.326 e. The maximum Gasteiger partial charge on any atom is 0.238 e. The number of anilines is 1. The molecule has 0 bridgehead atoms. The van der Waals surface area contributed by atoms with Crippen LogP contribution in [-0.2, 0) is 14.8 Å². The van der Waals surface area contributed by atoms with E-state index in [9.17, 15) is 13.2 Å². The van der Waals surface area contributed by atoms with E-state index in [1.165, 1.54) is 12.1 Å². The Balaban J connectivity index is 2.12. The predicted molar refractivity (Wildman–Crippen MR) is 76.6 cm³/mol. The third-order valence-electron chi connectivity index (χ3n) is 3.53. The molecule has 110 valence electrons. The smallest absolute Gasteiger partial charge is 0.238 e. The van der Waals surface area contributed by atoms with Gasteiger partial charge in [0.25, 0.3) is 0 Å². The topological polar surface area (TPSA) is 101 Å². The highest BCUT2D eigenvalue weighted by Crippen LogP contribution is 2.20. The van der Waals surface area contributed by atoms with Crippen LogP contribution < -0.4 is 15.8 Å². The second-order valence-corrected chi connectivity index (χ2v) is 6.62. The minimum absolute atomic E-state index is 0.00915. The molecule has 7 heteroatoms. The van der Waals surface area contributed by atoms with E-state index in [4.69, 9.17) is 5.14 Å². The molecule has 1 aromatic carbocycles. The van der Waals surface area contributed by atoms with Crippen molar-refractivity contribution in [1.82, 2.24) is 5.32 Å². The summed E-state index contributed by atoms with van der Waals surface area (Å²) in [6, 6.07) is 6.08. The summed E-state index contributed by atoms with van der Waals surface area (Å²) in [5.74, 6) is -0.210. The average molecular weight is 297 g/mol. The number of piperidine rings is 1. The van der Waals surface area contributed by atoms with Crippen LogP contribution in [0.1, 0.15) is 19.8 Å². The standard InChI is InChI=1S/C13H19N3O3S/c1-9-12(6-3-7-15-9)13(17)16-10-4-2-5-11(8-10)20(14,18)19/h2,4-5,8-9,12,15H,3,6-7H2,1H3,(H,16,17)(H2,14,18,19). The number of carbonyl (C=O) groups excluding carboxylic acids is 1. The van der Waals surface area contributed by atoms with Gasteiger partial charge in [0, 0.05) is 11.7 Å². The van der Waals surface area contributed by atoms with Crippen LogP contribution in [0, 0.1) is 5.92 Å². The summed E-state index contributed by atoms with van der Waals surface area (Å²) in [6.45, 7) is 2.90. The number of carbonyl (C=O) groups is 1. The fourth-order valence-electron chi connectivity index (χ4n) is 2.39. The van der Waals surface area contributed by atoms with E-state index in [0.29, 0.717) is 5.69 Å². The number of rotatable bonds is 3. The molecule has 1 aliphatic rings. The van der Waals surface area contributed by atoms with Gasteiger partial charge < -0.3 is 10.6 Å². The van der Waals surface area contributed by atoms with Gasteiger partial charge in [-0.3, -0.25) is 4.79 Å². The first-order chi connectivity index (χ1) is 9.38. The first kappa shape index (κ1) is 15.0. The van der Waals surface area contributed by atoms with Crippen molar-refractivity contribution in [3.63, 3.8) is 0 Å². The van der Waals surface area contributed by atoms with Crippen molar-refractivity contribution in [3.05, 3.63) is 24.3 Å². The maximum absolute atomic E-state index is 12.2. The van der Waals surface area contributed by atoms with Gasteiger partial charge in [0.2, 0.25) is 15.9 Å². The zero-order valence-corrected chi connectivity index (χ0v) is 12.1. The summed E-state index contributed by atoms with van der Waals surface area (Å²) in [5, 5.41) is 11.1. The molecule has 4 N–H and O–H groups in total. The van der Waals surface area contributed by atoms with Crippen LogP contribution in [-0.4, -0.2) is 26.9 Å². The number of primary sulfonamides is 1. The molecule has 1 heterocycles. The maximum atomic E-state index is 12.2. The van der Waals surface area contributed by atoms with Gasteiger partial charge in [-0.2, -0.15) is 0 Å². The molecule has 0 radical (unpaired) electrons. The number of hydrogen-bond donors (Lipinski definition) is 3. The van der Waals surface area contributed by atoms with Crippen molar-refractivity contribution in [3.8, 4) is 0 Å². The zero-order valence-electron chi connectivity index (χ0n) is 11.3. The van der Waals surface area contributed by atoms with Gasteiger partial charge in [-0.05, 0) is 44.5 Å². The lowest BCUT2D eigenvalue weighted by Crippen LogP contribution is -2.44. The van der Waals surface area contributed by atoms with Crippen molar-refractivity contribution in [2.24, 2.45) is 11.1 Å². The molecular weight excluding hydrogens is 278 g/mol. The van der Waals surface area contributed by atoms with Gasteiger partial charge in [-0.25, -0.2) is 13.6 Å². The number of hydrogen-bond acceptors (Lipinski definition) is 4. The van der Waals surface area contributed by atoms with Gasteiger partial charge >= 0.3 is 0 Å². The summed E-state index contributed by atoms with van der Waals surface area (Å²) >= 11 is 0. The van der Waals surface area contributed by atoms with E-state index < -0.39 is 10.0 Å². The molecule has 2 unspecified atom stereocenters. The molecule has 2 rings (SSSR count). The summed E-state index contributed by atoms with van der Waals surface area (Å²) in [7, 11) is -3.76. The highest BCUT2D eigenvalue weighted by Gasteiger charge is 2.27. The summed E-state index contributed by atoms with van der Waals surface area (Å²) < 4.78 is 22.6. The number of amides is 1. The van der Waals surface area contributed by atoms with E-state index in [2.05, 4.69) is 10.6 Å². The minimum atomic E-state index is -3.76. The Morgan fingerprint density at radius 3 is 2.85 bits per heavy atom. The Kier molecular flexibility index (Phi) is 4.42. The van der Waals surface area contributed by atoms with Crippen molar-refractivity contribution >= 4 is 21.6 Å². The fraction of sp³-hybridized carbons (Fsp3) is 0.462. The highest BCUT2D eigenvalue weighted by molar-refractivity contribution is 7.89. The molecular formula is C13H19N3O3S. The van der Waals surface area contributed by atoms with Gasteiger partial charge in [0.05, 0.1) is 10.8 Å². The van der Waals surface area contributed by atoms with Crippen LogP contribution in [0.4, 0.5) is 5.69 Å². The Labute approximate surface area is 118 Å². The molecule has 1 aromatic rings. The number of sulfonamides is 1. The molecule has 0 saturated carbocycles. The lowest BCUT2D eigenvalue weighted by Gasteiger charge is -2.28. The lowest BCUT2D eigenvalue weighted by molar-refractivity contribution is -0.121. The Morgan fingerprint density at radius 2 is 2.20 bits per heavy atom. The molecule has 0 aromatic heterocycles. The molecule has 0 spiro atoms. The Bertz CT molecular complexity index is 601. The molecule has 1 amide bonds. The number of nitrogens with one attached hydrogen (secondary N) is 2. The monoisotopic (exact) mass is 297 g/mol. The third kappa shape index (κ3) is 3.56. The fourth-order valence-corrected chi connectivity index (χ4v) is 2.95. The second-order valence-electron chi connectivity index (χ2n) is 5.05. The lowest BCUT2D eigenvalue weighted by atomic mass is 9.91. The van der Waals surface area contributed by atoms with Gasteiger partial charge in [0.1, 0.15) is 0 Å². The third-order valence-corrected chi connectivity index (χ3v) is 4.44. The quantitative estimate of drug-likeness (QED) is 0.763. The summed E-state index contributed by atoms with van der Waals surface area (Å²) in [6.07, 6.45) is 1.79. The van der Waals surface area contributed by atoms with Gasteiger partial charge in [0.15, 0.2) is 0 Å².